The van der Waals surface area contributed by atoms with Gasteiger partial charge < -0.3 is 15.5 Å². The van der Waals surface area contributed by atoms with Crippen molar-refractivity contribution in [2.45, 2.75) is 31.3 Å². The zero-order valence-corrected chi connectivity index (χ0v) is 11.8. The summed E-state index contributed by atoms with van der Waals surface area (Å²) in [6.07, 6.45) is 3.04. The second-order valence-corrected chi connectivity index (χ2v) is 5.73. The first-order valence-corrected chi connectivity index (χ1v) is 7.63. The minimum atomic E-state index is 0.0476. The maximum Gasteiger partial charge on any atom is 0.240 e. The standard InChI is InChI=1S/C16H23N3O/c20-16(15-7-4-8-18-15)19-10-9-17-12-14(19)11-13-5-2-1-3-6-13/h1-3,5-6,14-15,17-18H,4,7-12H2. The molecule has 0 radical (unpaired) electrons. The van der Waals surface area contributed by atoms with E-state index in [4.69, 9.17) is 0 Å². The number of hydrogen-bond acceptors (Lipinski definition) is 3. The average Bonchev–Trinajstić information content (AvgIpc) is 3.02. The number of nitrogens with one attached hydrogen (secondary N) is 2. The average molecular weight is 273 g/mol. The number of amides is 1. The summed E-state index contributed by atoms with van der Waals surface area (Å²) in [6, 6.07) is 10.8. The Morgan fingerprint density at radius 1 is 1.25 bits per heavy atom. The van der Waals surface area contributed by atoms with Gasteiger partial charge in [-0.25, -0.2) is 0 Å². The van der Waals surface area contributed by atoms with Crippen molar-refractivity contribution >= 4 is 5.91 Å². The van der Waals surface area contributed by atoms with E-state index in [2.05, 4.69) is 39.8 Å². The topological polar surface area (TPSA) is 44.4 Å². The van der Waals surface area contributed by atoms with Crippen molar-refractivity contribution in [2.24, 2.45) is 0 Å². The maximum absolute atomic E-state index is 12.6. The number of benzene rings is 1. The molecule has 2 fully saturated rings. The van der Waals surface area contributed by atoms with Crippen LogP contribution in [0.3, 0.4) is 0 Å². The quantitative estimate of drug-likeness (QED) is 0.855. The van der Waals surface area contributed by atoms with Gasteiger partial charge in [-0.05, 0) is 31.4 Å². The Kier molecular flexibility index (Phi) is 4.33. The molecule has 1 amide bonds. The fourth-order valence-electron chi connectivity index (χ4n) is 3.22. The molecule has 20 heavy (non-hydrogen) atoms. The molecule has 2 heterocycles. The van der Waals surface area contributed by atoms with Gasteiger partial charge in [0.15, 0.2) is 0 Å². The third-order valence-electron chi connectivity index (χ3n) is 4.31. The highest BCUT2D eigenvalue weighted by molar-refractivity contribution is 5.82. The first-order chi connectivity index (χ1) is 9.84. The van der Waals surface area contributed by atoms with Crippen LogP contribution in [0.5, 0.6) is 0 Å². The van der Waals surface area contributed by atoms with Crippen LogP contribution in [0.2, 0.25) is 0 Å². The summed E-state index contributed by atoms with van der Waals surface area (Å²) in [4.78, 5) is 14.7. The van der Waals surface area contributed by atoms with E-state index < -0.39 is 0 Å². The van der Waals surface area contributed by atoms with Gasteiger partial charge >= 0.3 is 0 Å². The number of carbonyl (C=O) groups excluding carboxylic acids is 1. The highest BCUT2D eigenvalue weighted by Gasteiger charge is 2.32. The van der Waals surface area contributed by atoms with Gasteiger partial charge in [0.2, 0.25) is 5.91 Å². The van der Waals surface area contributed by atoms with Crippen molar-refractivity contribution in [3.8, 4) is 0 Å². The molecule has 2 N–H and O–H groups in total. The van der Waals surface area contributed by atoms with E-state index in [1.54, 1.807) is 0 Å². The number of carbonyl (C=O) groups is 1. The first kappa shape index (κ1) is 13.6. The highest BCUT2D eigenvalue weighted by Crippen LogP contribution is 2.15. The van der Waals surface area contributed by atoms with Gasteiger partial charge in [0.1, 0.15) is 0 Å². The Morgan fingerprint density at radius 2 is 2.10 bits per heavy atom. The lowest BCUT2D eigenvalue weighted by atomic mass is 10.0. The Morgan fingerprint density at radius 3 is 2.85 bits per heavy atom. The fraction of sp³-hybridized carbons (Fsp3) is 0.562. The van der Waals surface area contributed by atoms with Crippen molar-refractivity contribution in [3.05, 3.63) is 35.9 Å². The van der Waals surface area contributed by atoms with E-state index in [1.165, 1.54) is 5.56 Å². The molecule has 2 aliphatic heterocycles. The van der Waals surface area contributed by atoms with E-state index in [9.17, 15) is 4.79 Å². The number of hydrogen-bond donors (Lipinski definition) is 2. The summed E-state index contributed by atoms with van der Waals surface area (Å²) >= 11 is 0. The monoisotopic (exact) mass is 273 g/mol. The van der Waals surface area contributed by atoms with Crippen LogP contribution in [0.15, 0.2) is 30.3 Å². The van der Waals surface area contributed by atoms with E-state index in [1.807, 2.05) is 6.07 Å². The SMILES string of the molecule is O=C(C1CCCN1)N1CCNCC1Cc1ccccc1. The van der Waals surface area contributed by atoms with Crippen molar-refractivity contribution in [1.82, 2.24) is 15.5 Å². The summed E-state index contributed by atoms with van der Waals surface area (Å²) in [7, 11) is 0. The summed E-state index contributed by atoms with van der Waals surface area (Å²) in [5, 5.41) is 6.74. The Balaban J connectivity index is 1.68. The number of nitrogens with zero attached hydrogens (tertiary/aromatic N) is 1. The summed E-state index contributed by atoms with van der Waals surface area (Å²) in [6.45, 7) is 3.61. The van der Waals surface area contributed by atoms with Crippen molar-refractivity contribution in [1.29, 1.82) is 0 Å². The molecule has 0 spiro atoms. The molecule has 2 saturated heterocycles. The van der Waals surface area contributed by atoms with E-state index in [0.717, 1.165) is 45.4 Å². The molecule has 0 bridgehead atoms. The van der Waals surface area contributed by atoms with E-state index >= 15 is 0 Å². The normalized spacial score (nSPS) is 26.7. The van der Waals surface area contributed by atoms with Gasteiger partial charge in [-0.1, -0.05) is 30.3 Å². The molecular formula is C16H23N3O. The lowest BCUT2D eigenvalue weighted by Gasteiger charge is -2.38. The second-order valence-electron chi connectivity index (χ2n) is 5.73. The smallest absolute Gasteiger partial charge is 0.240 e. The predicted molar refractivity (Wildman–Crippen MR) is 79.5 cm³/mol. The maximum atomic E-state index is 12.6. The molecule has 2 atom stereocenters. The van der Waals surface area contributed by atoms with Gasteiger partial charge in [0, 0.05) is 25.7 Å². The molecule has 0 saturated carbocycles. The molecule has 2 unspecified atom stereocenters. The van der Waals surface area contributed by atoms with E-state index in [-0.39, 0.29) is 12.1 Å². The summed E-state index contributed by atoms with van der Waals surface area (Å²) in [5.41, 5.74) is 1.30. The molecule has 3 rings (SSSR count). The Bertz CT molecular complexity index is 442. The third-order valence-corrected chi connectivity index (χ3v) is 4.31. The lowest BCUT2D eigenvalue weighted by Crippen LogP contribution is -2.58. The third kappa shape index (κ3) is 3.02. The molecular weight excluding hydrogens is 250 g/mol. The molecule has 4 nitrogen and oxygen atoms in total. The number of rotatable bonds is 3. The van der Waals surface area contributed by atoms with Crippen LogP contribution < -0.4 is 10.6 Å². The van der Waals surface area contributed by atoms with Gasteiger partial charge in [0.25, 0.3) is 0 Å². The van der Waals surface area contributed by atoms with Crippen LogP contribution in [0.4, 0.5) is 0 Å². The highest BCUT2D eigenvalue weighted by atomic mass is 16.2. The Labute approximate surface area is 120 Å². The summed E-state index contributed by atoms with van der Waals surface area (Å²) in [5.74, 6) is 0.296. The Hall–Kier alpha value is -1.39. The van der Waals surface area contributed by atoms with Gasteiger partial charge in [-0.2, -0.15) is 0 Å². The summed E-state index contributed by atoms with van der Waals surface area (Å²) < 4.78 is 0. The van der Waals surface area contributed by atoms with E-state index in [0.29, 0.717) is 5.91 Å². The fourth-order valence-corrected chi connectivity index (χ4v) is 3.22. The molecule has 1 aromatic rings. The minimum Gasteiger partial charge on any atom is -0.335 e. The molecule has 0 aliphatic carbocycles. The van der Waals surface area contributed by atoms with Gasteiger partial charge in [0.05, 0.1) is 6.04 Å². The van der Waals surface area contributed by atoms with Gasteiger partial charge in [-0.3, -0.25) is 4.79 Å². The number of piperazine rings is 1. The largest absolute Gasteiger partial charge is 0.335 e. The van der Waals surface area contributed by atoms with Crippen LogP contribution >= 0.6 is 0 Å². The van der Waals surface area contributed by atoms with Gasteiger partial charge in [-0.15, -0.1) is 0 Å². The minimum absolute atomic E-state index is 0.0476. The molecule has 108 valence electrons. The predicted octanol–water partition coefficient (Wildman–Crippen LogP) is 0.782. The zero-order valence-electron chi connectivity index (χ0n) is 11.8. The second kappa shape index (κ2) is 6.37. The lowest BCUT2D eigenvalue weighted by molar-refractivity contribution is -0.136. The molecule has 4 heteroatoms. The molecule has 2 aliphatic rings. The van der Waals surface area contributed by atoms with Crippen molar-refractivity contribution in [3.63, 3.8) is 0 Å². The zero-order chi connectivity index (χ0) is 13.8. The van der Waals surface area contributed by atoms with Crippen LogP contribution in [0, 0.1) is 0 Å². The molecule has 0 aromatic heterocycles. The van der Waals surface area contributed by atoms with Crippen LogP contribution in [0.1, 0.15) is 18.4 Å². The first-order valence-electron chi connectivity index (χ1n) is 7.63. The van der Waals surface area contributed by atoms with Crippen molar-refractivity contribution < 1.29 is 4.79 Å². The van der Waals surface area contributed by atoms with Crippen LogP contribution in [-0.4, -0.2) is 49.1 Å². The molecule has 1 aromatic carbocycles. The van der Waals surface area contributed by atoms with Crippen molar-refractivity contribution in [2.75, 3.05) is 26.2 Å². The van der Waals surface area contributed by atoms with Crippen LogP contribution in [0.25, 0.3) is 0 Å². The van der Waals surface area contributed by atoms with Crippen LogP contribution in [-0.2, 0) is 11.2 Å².